The van der Waals surface area contributed by atoms with E-state index in [0.717, 1.165) is 24.1 Å². The summed E-state index contributed by atoms with van der Waals surface area (Å²) in [6.07, 6.45) is 2.46. The Balaban J connectivity index is 2.10. The highest BCUT2D eigenvalue weighted by molar-refractivity contribution is 5.97. The Morgan fingerprint density at radius 1 is 1.32 bits per heavy atom. The van der Waals surface area contributed by atoms with E-state index in [1.807, 2.05) is 32.9 Å². The van der Waals surface area contributed by atoms with E-state index >= 15 is 0 Å². The second-order valence-corrected chi connectivity index (χ2v) is 7.68. The number of aryl methyl sites for hydroxylation is 1. The lowest BCUT2D eigenvalue weighted by Gasteiger charge is -2.32. The van der Waals surface area contributed by atoms with E-state index in [-0.39, 0.29) is 24.5 Å². The lowest BCUT2D eigenvalue weighted by molar-refractivity contribution is -0.130. The van der Waals surface area contributed by atoms with Crippen molar-refractivity contribution in [2.75, 3.05) is 29.9 Å². The zero-order valence-electron chi connectivity index (χ0n) is 17.1. The molecule has 2 rings (SSSR count). The van der Waals surface area contributed by atoms with Gasteiger partial charge in [0.25, 0.3) is 0 Å². The van der Waals surface area contributed by atoms with Crippen molar-refractivity contribution in [3.8, 4) is 0 Å². The molecule has 0 spiro atoms. The summed E-state index contributed by atoms with van der Waals surface area (Å²) in [6, 6.07) is 5.45. The fourth-order valence-corrected chi connectivity index (χ4v) is 3.03. The number of carbonyl (C=O) groups is 3. The number of amides is 3. The molecule has 0 saturated heterocycles. The molecule has 7 nitrogen and oxygen atoms in total. The number of benzene rings is 1. The summed E-state index contributed by atoms with van der Waals surface area (Å²) >= 11 is 0. The average Bonchev–Trinajstić information content (AvgIpc) is 2.63. The SMILES string of the molecule is C=CC(=O)N(CC)CC(=O)Nc1ccc2c(c1)CCCN2C(=O)OC(C)(C)C. The lowest BCUT2D eigenvalue weighted by atomic mass is 10.0. The number of ether oxygens (including phenoxy) is 1. The van der Waals surface area contributed by atoms with E-state index in [1.165, 1.54) is 11.0 Å². The van der Waals surface area contributed by atoms with E-state index in [0.29, 0.717) is 18.8 Å². The third-order valence-electron chi connectivity index (χ3n) is 4.30. The van der Waals surface area contributed by atoms with Gasteiger partial charge in [-0.15, -0.1) is 0 Å². The van der Waals surface area contributed by atoms with Crippen LogP contribution in [0, 0.1) is 0 Å². The molecule has 1 aliphatic heterocycles. The van der Waals surface area contributed by atoms with E-state index < -0.39 is 5.60 Å². The van der Waals surface area contributed by atoms with E-state index in [9.17, 15) is 14.4 Å². The van der Waals surface area contributed by atoms with Crippen LogP contribution in [0.15, 0.2) is 30.9 Å². The Morgan fingerprint density at radius 2 is 2.04 bits per heavy atom. The van der Waals surface area contributed by atoms with Crippen molar-refractivity contribution in [1.29, 1.82) is 0 Å². The van der Waals surface area contributed by atoms with E-state index in [2.05, 4.69) is 11.9 Å². The molecule has 1 heterocycles. The number of fused-ring (bicyclic) bond motifs is 1. The standard InChI is InChI=1S/C21H29N3O4/c1-6-19(26)23(7-2)14-18(25)22-16-10-11-17-15(13-16)9-8-12-24(17)20(27)28-21(3,4)5/h6,10-11,13H,1,7-9,12,14H2,2-5H3,(H,22,25). The smallest absolute Gasteiger partial charge is 0.414 e. The molecule has 0 atom stereocenters. The van der Waals surface area contributed by atoms with Crippen LogP contribution < -0.4 is 10.2 Å². The number of nitrogens with zero attached hydrogens (tertiary/aromatic N) is 2. The summed E-state index contributed by atoms with van der Waals surface area (Å²) in [6.45, 7) is 11.8. The van der Waals surface area contributed by atoms with Gasteiger partial charge in [0.1, 0.15) is 12.1 Å². The monoisotopic (exact) mass is 387 g/mol. The Labute approximate surface area is 166 Å². The first kappa shape index (κ1) is 21.5. The molecule has 1 aromatic carbocycles. The minimum absolute atomic E-state index is 0.0392. The van der Waals surface area contributed by atoms with Crippen LogP contribution in [0.3, 0.4) is 0 Å². The molecule has 0 fully saturated rings. The molecule has 0 bridgehead atoms. The van der Waals surface area contributed by atoms with Gasteiger partial charge in [0.2, 0.25) is 11.8 Å². The molecular formula is C21H29N3O4. The highest BCUT2D eigenvalue weighted by Gasteiger charge is 2.27. The Hall–Kier alpha value is -2.83. The first-order chi connectivity index (χ1) is 13.1. The maximum absolute atomic E-state index is 12.5. The summed E-state index contributed by atoms with van der Waals surface area (Å²) in [5.74, 6) is -0.562. The summed E-state index contributed by atoms with van der Waals surface area (Å²) in [4.78, 5) is 39.5. The number of rotatable bonds is 5. The molecule has 0 unspecified atom stereocenters. The molecule has 0 saturated carbocycles. The first-order valence-electron chi connectivity index (χ1n) is 9.49. The highest BCUT2D eigenvalue weighted by atomic mass is 16.6. The van der Waals surface area contributed by atoms with Gasteiger partial charge < -0.3 is 15.0 Å². The summed E-state index contributed by atoms with van der Waals surface area (Å²) in [5.41, 5.74) is 1.85. The predicted octanol–water partition coefficient (Wildman–Crippen LogP) is 3.35. The normalized spacial score (nSPS) is 13.4. The number of hydrogen-bond acceptors (Lipinski definition) is 4. The van der Waals surface area contributed by atoms with Gasteiger partial charge in [0.05, 0.1) is 5.69 Å². The van der Waals surface area contributed by atoms with Gasteiger partial charge in [0, 0.05) is 18.8 Å². The Bertz CT molecular complexity index is 767. The predicted molar refractivity (Wildman–Crippen MR) is 109 cm³/mol. The Morgan fingerprint density at radius 3 is 2.64 bits per heavy atom. The number of likely N-dealkylation sites (N-methyl/N-ethyl adjacent to an activating group) is 1. The van der Waals surface area contributed by atoms with Crippen LogP contribution in [0.4, 0.5) is 16.2 Å². The van der Waals surface area contributed by atoms with Crippen molar-refractivity contribution in [3.05, 3.63) is 36.4 Å². The number of nitrogens with one attached hydrogen (secondary N) is 1. The maximum atomic E-state index is 12.5. The maximum Gasteiger partial charge on any atom is 0.414 e. The second-order valence-electron chi connectivity index (χ2n) is 7.68. The van der Waals surface area contributed by atoms with E-state index in [4.69, 9.17) is 4.74 Å². The minimum Gasteiger partial charge on any atom is -0.443 e. The van der Waals surface area contributed by atoms with Gasteiger partial charge in [-0.25, -0.2) is 4.79 Å². The Kier molecular flexibility index (Phi) is 6.83. The minimum atomic E-state index is -0.559. The van der Waals surface area contributed by atoms with Crippen molar-refractivity contribution in [2.24, 2.45) is 0 Å². The van der Waals surface area contributed by atoms with Crippen LogP contribution in [-0.4, -0.2) is 48.0 Å². The zero-order chi connectivity index (χ0) is 20.9. The first-order valence-corrected chi connectivity index (χ1v) is 9.49. The fourth-order valence-electron chi connectivity index (χ4n) is 3.03. The van der Waals surface area contributed by atoms with E-state index in [1.54, 1.807) is 17.9 Å². The number of anilines is 2. The summed E-state index contributed by atoms with van der Waals surface area (Å²) < 4.78 is 5.49. The lowest BCUT2D eigenvalue weighted by Crippen LogP contribution is -2.40. The van der Waals surface area contributed by atoms with Crippen molar-refractivity contribution in [2.45, 2.75) is 46.1 Å². The molecule has 1 aromatic rings. The van der Waals surface area contributed by atoms with Crippen LogP contribution >= 0.6 is 0 Å². The van der Waals surface area contributed by atoms with Gasteiger partial charge in [0.15, 0.2) is 0 Å². The molecular weight excluding hydrogens is 358 g/mol. The largest absolute Gasteiger partial charge is 0.443 e. The van der Waals surface area contributed by atoms with Crippen LogP contribution in [-0.2, 0) is 20.7 Å². The molecule has 1 N–H and O–H groups in total. The third-order valence-corrected chi connectivity index (χ3v) is 4.30. The van der Waals surface area contributed by atoms with Crippen LogP contribution in [0.25, 0.3) is 0 Å². The van der Waals surface area contributed by atoms with Crippen molar-refractivity contribution in [3.63, 3.8) is 0 Å². The quantitative estimate of drug-likeness (QED) is 0.786. The van der Waals surface area contributed by atoms with Gasteiger partial charge in [-0.1, -0.05) is 6.58 Å². The topological polar surface area (TPSA) is 79.0 Å². The molecule has 28 heavy (non-hydrogen) atoms. The van der Waals surface area contributed by atoms with Gasteiger partial charge in [-0.2, -0.15) is 0 Å². The summed E-state index contributed by atoms with van der Waals surface area (Å²) in [7, 11) is 0. The molecule has 3 amide bonds. The van der Waals surface area contributed by atoms with Crippen LogP contribution in [0.5, 0.6) is 0 Å². The zero-order valence-corrected chi connectivity index (χ0v) is 17.1. The highest BCUT2D eigenvalue weighted by Crippen LogP contribution is 2.31. The third kappa shape index (κ3) is 5.58. The van der Waals surface area contributed by atoms with Gasteiger partial charge >= 0.3 is 6.09 Å². The van der Waals surface area contributed by atoms with Crippen molar-refractivity contribution >= 4 is 29.3 Å². The molecule has 0 aromatic heterocycles. The molecule has 152 valence electrons. The molecule has 0 radical (unpaired) electrons. The van der Waals surface area contributed by atoms with Gasteiger partial charge in [-0.05, 0) is 70.4 Å². The fraction of sp³-hybridized carbons (Fsp3) is 0.476. The van der Waals surface area contributed by atoms with Gasteiger partial charge in [-0.3, -0.25) is 14.5 Å². The molecule has 1 aliphatic rings. The van der Waals surface area contributed by atoms with Crippen molar-refractivity contribution in [1.82, 2.24) is 4.90 Å². The summed E-state index contributed by atoms with van der Waals surface area (Å²) in [5, 5.41) is 2.82. The van der Waals surface area contributed by atoms with Crippen LogP contribution in [0.1, 0.15) is 39.7 Å². The van der Waals surface area contributed by atoms with Crippen molar-refractivity contribution < 1.29 is 19.1 Å². The average molecular weight is 387 g/mol. The molecule has 0 aliphatic carbocycles. The number of carbonyl (C=O) groups excluding carboxylic acids is 3. The molecule has 7 heteroatoms. The van der Waals surface area contributed by atoms with Crippen LogP contribution in [0.2, 0.25) is 0 Å². The second kappa shape index (κ2) is 8.91. The number of hydrogen-bond donors (Lipinski definition) is 1.